The lowest BCUT2D eigenvalue weighted by Crippen LogP contribution is -2.12. The van der Waals surface area contributed by atoms with E-state index in [0.717, 1.165) is 24.3 Å². The lowest BCUT2D eigenvalue weighted by Gasteiger charge is -2.09. The highest BCUT2D eigenvalue weighted by atomic mass is 19.1. The Morgan fingerprint density at radius 3 is 2.00 bits per heavy atom. The van der Waals surface area contributed by atoms with Crippen molar-refractivity contribution in [2.45, 2.75) is 5.92 Å². The second kappa shape index (κ2) is 5.57. The minimum atomic E-state index is -1.24. The predicted octanol–water partition coefficient (Wildman–Crippen LogP) is 3.59. The second-order valence-corrected chi connectivity index (χ2v) is 4.14. The first kappa shape index (κ1) is 13.8. The van der Waals surface area contributed by atoms with Crippen LogP contribution in [-0.4, -0.2) is 5.78 Å². The van der Waals surface area contributed by atoms with Crippen molar-refractivity contribution in [3.63, 3.8) is 0 Å². The van der Waals surface area contributed by atoms with Gasteiger partial charge in [-0.3, -0.25) is 4.79 Å². The zero-order valence-corrected chi connectivity index (χ0v) is 10.1. The molecule has 0 saturated heterocycles. The van der Waals surface area contributed by atoms with Crippen LogP contribution >= 0.6 is 0 Å². The molecule has 20 heavy (non-hydrogen) atoms. The van der Waals surface area contributed by atoms with Gasteiger partial charge in [0.2, 0.25) is 0 Å². The monoisotopic (exact) mass is 275 g/mol. The number of carbonyl (C=O) groups excluding carboxylic acids is 1. The van der Waals surface area contributed by atoms with Gasteiger partial charge in [-0.05, 0) is 29.8 Å². The summed E-state index contributed by atoms with van der Waals surface area (Å²) in [6.45, 7) is 0. The van der Waals surface area contributed by atoms with Crippen LogP contribution in [0.25, 0.3) is 0 Å². The van der Waals surface area contributed by atoms with E-state index in [1.807, 2.05) is 0 Å². The molecule has 0 heterocycles. The highest BCUT2D eigenvalue weighted by Crippen LogP contribution is 2.22. The van der Waals surface area contributed by atoms with Crippen LogP contribution in [0.15, 0.2) is 42.5 Å². The predicted molar refractivity (Wildman–Crippen MR) is 65.4 cm³/mol. The first-order valence-electron chi connectivity index (χ1n) is 5.66. The molecule has 1 atom stereocenters. The first-order valence-corrected chi connectivity index (χ1v) is 5.66. The van der Waals surface area contributed by atoms with Gasteiger partial charge in [-0.1, -0.05) is 12.1 Å². The molecule has 2 aromatic carbocycles. The number of hydrogen-bond acceptors (Lipinski definition) is 2. The number of nitriles is 1. The van der Waals surface area contributed by atoms with Gasteiger partial charge in [-0.2, -0.15) is 5.26 Å². The molecule has 2 nitrogen and oxygen atoms in total. The van der Waals surface area contributed by atoms with Crippen LogP contribution in [-0.2, 0) is 0 Å². The van der Waals surface area contributed by atoms with Gasteiger partial charge in [0, 0.05) is 11.6 Å². The molecule has 1 unspecified atom stereocenters. The Kier molecular flexibility index (Phi) is 3.85. The summed E-state index contributed by atoms with van der Waals surface area (Å²) in [5, 5.41) is 9.07. The summed E-state index contributed by atoms with van der Waals surface area (Å²) < 4.78 is 39.0. The Labute approximate surface area is 113 Å². The van der Waals surface area contributed by atoms with Crippen LogP contribution in [0.5, 0.6) is 0 Å². The third kappa shape index (κ3) is 2.86. The average Bonchev–Trinajstić information content (AvgIpc) is 2.40. The molecular formula is C15H8F3NO. The second-order valence-electron chi connectivity index (χ2n) is 4.14. The highest BCUT2D eigenvalue weighted by molar-refractivity contribution is 6.02. The largest absolute Gasteiger partial charge is 0.292 e. The SMILES string of the molecule is N#CC(C(=O)c1cc(F)cc(F)c1)c1ccc(F)cc1. The van der Waals surface area contributed by atoms with Crippen molar-refractivity contribution in [2.24, 2.45) is 0 Å². The van der Waals surface area contributed by atoms with E-state index in [0.29, 0.717) is 6.07 Å². The zero-order chi connectivity index (χ0) is 14.7. The number of halogens is 3. The molecular weight excluding hydrogens is 267 g/mol. The topological polar surface area (TPSA) is 40.9 Å². The summed E-state index contributed by atoms with van der Waals surface area (Å²) >= 11 is 0. The molecule has 0 spiro atoms. The highest BCUT2D eigenvalue weighted by Gasteiger charge is 2.22. The summed E-state index contributed by atoms with van der Waals surface area (Å²) in [6, 6.07) is 8.91. The number of nitrogens with zero attached hydrogens (tertiary/aromatic N) is 1. The smallest absolute Gasteiger partial charge is 0.184 e. The van der Waals surface area contributed by atoms with Crippen molar-refractivity contribution >= 4 is 5.78 Å². The molecule has 0 aliphatic carbocycles. The van der Waals surface area contributed by atoms with Gasteiger partial charge in [-0.25, -0.2) is 13.2 Å². The quantitative estimate of drug-likeness (QED) is 0.803. The molecule has 0 aliphatic rings. The lowest BCUT2D eigenvalue weighted by atomic mass is 9.92. The van der Waals surface area contributed by atoms with Crippen molar-refractivity contribution in [1.29, 1.82) is 5.26 Å². The minimum Gasteiger partial charge on any atom is -0.292 e. The molecule has 2 aromatic rings. The molecule has 2 rings (SSSR count). The molecule has 0 fully saturated rings. The molecule has 0 aliphatic heterocycles. The Balaban J connectivity index is 2.39. The number of benzene rings is 2. The molecule has 0 N–H and O–H groups in total. The van der Waals surface area contributed by atoms with Crippen LogP contribution in [0.3, 0.4) is 0 Å². The van der Waals surface area contributed by atoms with Crippen molar-refractivity contribution in [3.05, 3.63) is 71.0 Å². The van der Waals surface area contributed by atoms with Crippen LogP contribution in [0, 0.1) is 28.8 Å². The number of Topliss-reactive ketones (excluding diaryl/α,β-unsaturated/α-hetero) is 1. The molecule has 0 saturated carbocycles. The van der Waals surface area contributed by atoms with Gasteiger partial charge in [0.05, 0.1) is 6.07 Å². The Hall–Kier alpha value is -2.61. The maximum atomic E-state index is 13.1. The normalized spacial score (nSPS) is 11.7. The van der Waals surface area contributed by atoms with E-state index in [1.165, 1.54) is 12.1 Å². The van der Waals surface area contributed by atoms with Gasteiger partial charge in [0.15, 0.2) is 5.78 Å². The maximum Gasteiger partial charge on any atom is 0.184 e. The zero-order valence-electron chi connectivity index (χ0n) is 10.1. The van der Waals surface area contributed by atoms with Crippen molar-refractivity contribution in [2.75, 3.05) is 0 Å². The fourth-order valence-corrected chi connectivity index (χ4v) is 1.80. The number of carbonyl (C=O) groups is 1. The van der Waals surface area contributed by atoms with E-state index < -0.39 is 29.2 Å². The van der Waals surface area contributed by atoms with Crippen molar-refractivity contribution < 1.29 is 18.0 Å². The molecule has 0 amide bonds. The lowest BCUT2D eigenvalue weighted by molar-refractivity contribution is 0.0978. The Morgan fingerprint density at radius 1 is 0.950 bits per heavy atom. The van der Waals surface area contributed by atoms with E-state index >= 15 is 0 Å². The van der Waals surface area contributed by atoms with Crippen LogP contribution in [0.2, 0.25) is 0 Å². The van der Waals surface area contributed by atoms with E-state index in [4.69, 9.17) is 5.26 Å². The Bertz CT molecular complexity index is 669. The third-order valence-electron chi connectivity index (χ3n) is 2.74. The standard InChI is InChI=1S/C15H8F3NO/c16-11-3-1-9(2-4-11)14(8-19)15(20)10-5-12(17)7-13(18)6-10/h1-7,14H. The summed E-state index contributed by atoms with van der Waals surface area (Å²) in [5.74, 6) is -4.28. The van der Waals surface area contributed by atoms with E-state index in [9.17, 15) is 18.0 Å². The van der Waals surface area contributed by atoms with Gasteiger partial charge in [-0.15, -0.1) is 0 Å². The van der Waals surface area contributed by atoms with Crippen LogP contribution in [0.1, 0.15) is 21.8 Å². The minimum absolute atomic E-state index is 0.238. The van der Waals surface area contributed by atoms with Gasteiger partial charge >= 0.3 is 0 Å². The van der Waals surface area contributed by atoms with Crippen LogP contribution in [0.4, 0.5) is 13.2 Å². The van der Waals surface area contributed by atoms with E-state index in [1.54, 1.807) is 6.07 Å². The van der Waals surface area contributed by atoms with E-state index in [2.05, 4.69) is 0 Å². The maximum absolute atomic E-state index is 13.1. The van der Waals surface area contributed by atoms with Crippen molar-refractivity contribution in [1.82, 2.24) is 0 Å². The molecule has 100 valence electrons. The van der Waals surface area contributed by atoms with Crippen molar-refractivity contribution in [3.8, 4) is 6.07 Å². The van der Waals surface area contributed by atoms with Gasteiger partial charge < -0.3 is 0 Å². The molecule has 0 aromatic heterocycles. The summed E-state index contributed by atoms with van der Waals surface area (Å²) in [4.78, 5) is 12.1. The van der Waals surface area contributed by atoms with Gasteiger partial charge in [0.25, 0.3) is 0 Å². The number of ketones is 1. The first-order chi connectivity index (χ1) is 9.51. The number of hydrogen-bond donors (Lipinski definition) is 0. The summed E-state index contributed by atoms with van der Waals surface area (Å²) in [5.41, 5.74) is 0.0296. The van der Waals surface area contributed by atoms with Gasteiger partial charge in [0.1, 0.15) is 23.4 Å². The Morgan fingerprint density at radius 2 is 1.50 bits per heavy atom. The summed E-state index contributed by atoms with van der Waals surface area (Å²) in [6.07, 6.45) is 0. The molecule has 0 radical (unpaired) electrons. The molecule has 0 bridgehead atoms. The van der Waals surface area contributed by atoms with Crippen LogP contribution < -0.4 is 0 Å². The summed E-state index contributed by atoms with van der Waals surface area (Å²) in [7, 11) is 0. The molecule has 5 heteroatoms. The van der Waals surface area contributed by atoms with E-state index in [-0.39, 0.29) is 11.1 Å². The third-order valence-corrected chi connectivity index (χ3v) is 2.74. The number of rotatable bonds is 3. The fourth-order valence-electron chi connectivity index (χ4n) is 1.80. The average molecular weight is 275 g/mol. The fraction of sp³-hybridized carbons (Fsp3) is 0.0667.